The molecule has 140 heavy (non-hydrogen) atoms. The number of carbonyl (C=O) groups is 6. The first-order valence-corrected chi connectivity index (χ1v) is 56.6. The number of rotatable bonds is 29. The molecule has 12 atom stereocenters. The van der Waals surface area contributed by atoms with Crippen LogP contribution in [0.1, 0.15) is 491 Å². The lowest BCUT2D eigenvalue weighted by molar-refractivity contribution is -0.295. The Morgan fingerprint density at radius 2 is 0.479 bits per heavy atom. The van der Waals surface area contributed by atoms with Crippen molar-refractivity contribution in [3.8, 4) is 0 Å². The molecule has 20 nitrogen and oxygen atoms in total. The van der Waals surface area contributed by atoms with E-state index in [9.17, 15) is 59.4 Å². The molecule has 0 heterocycles. The molecule has 7 N–H and O–H groups in total. The number of ether oxygens (including phenoxy) is 7. The number of esters is 6. The highest BCUT2D eigenvalue weighted by atomic mass is 16.6. The van der Waals surface area contributed by atoms with Crippen LogP contribution < -0.4 is 0 Å². The van der Waals surface area contributed by atoms with Gasteiger partial charge in [-0.3, -0.25) is 28.8 Å². The van der Waals surface area contributed by atoms with Gasteiger partial charge < -0.3 is 68.9 Å². The molecule has 24 fully saturated rings. The molecule has 0 amide bonds. The molecule has 24 aliphatic carbocycles. The normalized spacial score (nSPS) is 39.8. The molecule has 24 aliphatic rings. The monoisotopic (exact) mass is 1970 g/mol. The second-order valence-corrected chi connectivity index (χ2v) is 60.5. The van der Waals surface area contributed by atoms with Gasteiger partial charge in [-0.15, -0.1) is 0 Å². The molecule has 0 aromatic rings. The summed E-state index contributed by atoms with van der Waals surface area (Å²) < 4.78 is 42.9. The molecule has 12 unspecified atom stereocenters. The zero-order chi connectivity index (χ0) is 105. The molecule has 0 aromatic carbocycles. The Morgan fingerprint density at radius 1 is 0.250 bits per heavy atom. The maximum Gasteiger partial charge on any atom is 0.312 e. The lowest BCUT2D eigenvalue weighted by atomic mass is 9.33. The van der Waals surface area contributed by atoms with E-state index in [-0.39, 0.29) is 103 Å². The largest absolute Gasteiger partial charge is 0.459 e. The van der Waals surface area contributed by atoms with Crippen LogP contribution in [-0.2, 0) is 61.9 Å². The summed E-state index contributed by atoms with van der Waals surface area (Å²) in [5.74, 6) is 6.24. The maximum absolute atomic E-state index is 13.0. The van der Waals surface area contributed by atoms with E-state index in [2.05, 4.69) is 55.4 Å². The number of aliphatic hydroxyl groups is 7. The lowest BCUT2D eigenvalue weighted by Gasteiger charge is -2.73. The van der Waals surface area contributed by atoms with Crippen molar-refractivity contribution in [2.75, 3.05) is 19.8 Å². The molecule has 0 aromatic heterocycles. The molecular formula is C120H204O20. The molecule has 24 rings (SSSR count). The summed E-state index contributed by atoms with van der Waals surface area (Å²) >= 11 is 0. The van der Waals surface area contributed by atoms with Crippen molar-refractivity contribution in [2.24, 2.45) is 141 Å². The van der Waals surface area contributed by atoms with Gasteiger partial charge in [0.2, 0.25) is 0 Å². The van der Waals surface area contributed by atoms with Crippen molar-refractivity contribution < 1.29 is 97.7 Å². The second kappa shape index (κ2) is 37.5. The van der Waals surface area contributed by atoms with E-state index in [1.54, 1.807) is 0 Å². The third-order valence-corrected chi connectivity index (χ3v) is 44.7. The molecule has 804 valence electrons. The number of hydrogen-bond acceptors (Lipinski definition) is 20. The third kappa shape index (κ3) is 21.4. The Hall–Kier alpha value is -3.50. The summed E-state index contributed by atoms with van der Waals surface area (Å²) in [7, 11) is 0. The Morgan fingerprint density at radius 3 is 0.779 bits per heavy atom. The van der Waals surface area contributed by atoms with Crippen LogP contribution in [0.5, 0.6) is 0 Å². The smallest absolute Gasteiger partial charge is 0.312 e. The van der Waals surface area contributed by atoms with Crippen molar-refractivity contribution in [1.29, 1.82) is 0 Å². The lowest BCUT2D eigenvalue weighted by Crippen LogP contribution is -2.71. The first-order valence-electron chi connectivity index (χ1n) is 56.6. The van der Waals surface area contributed by atoms with Crippen molar-refractivity contribution >= 4 is 35.8 Å². The average Bonchev–Trinajstić information content (AvgIpc) is 0.669. The second-order valence-electron chi connectivity index (χ2n) is 60.5. The Kier molecular flexibility index (Phi) is 30.5. The number of carbonyl (C=O) groups excluding carboxylic acids is 6. The van der Waals surface area contributed by atoms with Crippen LogP contribution in [-0.4, -0.2) is 159 Å². The van der Waals surface area contributed by atoms with E-state index < -0.39 is 82.9 Å². The van der Waals surface area contributed by atoms with Gasteiger partial charge in [-0.1, -0.05) is 41.5 Å². The zero-order valence-corrected chi connectivity index (χ0v) is 94.6. The van der Waals surface area contributed by atoms with Crippen LogP contribution in [0.3, 0.4) is 0 Å². The molecule has 24 bridgehead atoms. The molecule has 0 spiro atoms. The van der Waals surface area contributed by atoms with Gasteiger partial charge in [-0.2, -0.15) is 0 Å². The van der Waals surface area contributed by atoms with Crippen LogP contribution in [0, 0.1) is 141 Å². The number of aliphatic hydroxyl groups excluding tert-OH is 2. The van der Waals surface area contributed by atoms with E-state index in [4.69, 9.17) is 38.3 Å². The standard InChI is InChI=1S/C25H44O4.C22H38O3.C20H34O3.C19H32O3.C18H30O4.C16H26O3/c1-10-19(2,3)18(26)29-22(8,9)25-13-17-11-23(15-25,20(4,5)27)14-24(12-17,16-25)21(6,7)28;1-8-18(2,3)17(23)25-20(6,7)22-12-15-9-16(13-22)11-21(10-15,14-22)19(4,5)24;1-6-17(2,3)16(22)23-18(4,5)20-10-14-7-15(11-20)9-19(8-14,12-20)13-21;1-6-16(2,3)15(20)22-17(4,5)18-8-13-7-14(9-18)11-19(21,10-13)12-18;1-4-16(2,3)15(20)22-18-10-13-7-14(11-18)9-17(8-13,12-18)21-6-5-19;1-4-14(2,3)13(17)19-16-8-11-5-12(9-16)7-15(18,6-11)10-16/h17,27-28H,10-16H2,1-9H3;15-16,24H,8-14H2,1-7H3;14-15,21H,6-13H2,1-5H3;13-14,21H,6-12H2,1-5H3;13-14,19H,4-12H2,1-3H3;11-12,18H,4-10H2,1-3H3. The first kappa shape index (κ1) is 114. The predicted molar refractivity (Wildman–Crippen MR) is 548 cm³/mol. The minimum Gasteiger partial charge on any atom is -0.459 e. The SMILES string of the molecule is CCC(C)(C)C(=O)OC(C)(C)C12CC3CC(C(C)(C)O)(CC(C(C)(C)O)(C3)C1)C2.CCC(C)(C)C(=O)OC(C)(C)C12CC3CC(CC(C(C)(C)O)(C3)C1)C2.CCC(C)(C)C(=O)OC(C)(C)C12CC3CC(CC(CO)(C3)C1)C2.CCC(C)(C)C(=O)OC(C)(C)C12CC3CC(CC(O)(C3)C1)C2.CCC(C)(C)C(=O)OC12CC3CC(CC(O)(C3)C1)C2.CCC(C)(C)C(=O)OC12CC3CC(CC(OCCO)(C3)C1)C2. The van der Waals surface area contributed by atoms with Gasteiger partial charge in [-0.05, 0) is 513 Å². The van der Waals surface area contributed by atoms with Crippen LogP contribution >= 0.6 is 0 Å². The highest BCUT2D eigenvalue weighted by Gasteiger charge is 2.75. The molecule has 0 aliphatic heterocycles. The van der Waals surface area contributed by atoms with E-state index in [0.717, 1.165) is 218 Å². The molecule has 0 saturated heterocycles. The Labute approximate surface area is 847 Å². The molecule has 20 heteroatoms. The van der Waals surface area contributed by atoms with Crippen LogP contribution in [0.2, 0.25) is 0 Å². The van der Waals surface area contributed by atoms with Crippen molar-refractivity contribution in [2.45, 2.75) is 558 Å². The van der Waals surface area contributed by atoms with Gasteiger partial charge >= 0.3 is 35.8 Å². The summed E-state index contributed by atoms with van der Waals surface area (Å²) in [4.78, 5) is 76.1. The quantitative estimate of drug-likeness (QED) is 0.0270. The first-order chi connectivity index (χ1) is 63.8. The maximum atomic E-state index is 13.0. The van der Waals surface area contributed by atoms with Crippen LogP contribution in [0.25, 0.3) is 0 Å². The van der Waals surface area contributed by atoms with E-state index in [1.165, 1.54) is 44.9 Å². The van der Waals surface area contributed by atoms with E-state index >= 15 is 0 Å². The summed E-state index contributed by atoms with van der Waals surface area (Å²) in [5, 5.41) is 74.3. The molecule has 24 saturated carbocycles. The summed E-state index contributed by atoms with van der Waals surface area (Å²) in [5.41, 5.74) is -9.58. The summed E-state index contributed by atoms with van der Waals surface area (Å²) in [6.45, 7) is 65.0. The van der Waals surface area contributed by atoms with Crippen molar-refractivity contribution in [3.05, 3.63) is 0 Å². The highest BCUT2D eigenvalue weighted by Crippen LogP contribution is 2.79. The Bertz CT molecular complexity index is 4360. The fourth-order valence-corrected chi connectivity index (χ4v) is 34.8. The fourth-order valence-electron chi connectivity index (χ4n) is 34.8. The van der Waals surface area contributed by atoms with Crippen LogP contribution in [0.15, 0.2) is 0 Å². The fraction of sp³-hybridized carbons (Fsp3) is 0.950. The zero-order valence-electron chi connectivity index (χ0n) is 94.6. The highest BCUT2D eigenvalue weighted by molar-refractivity contribution is 5.79. The minimum absolute atomic E-state index is 0.0105. The van der Waals surface area contributed by atoms with Gasteiger partial charge in [0, 0.05) is 51.9 Å². The average molecular weight is 1970 g/mol. The van der Waals surface area contributed by atoms with Gasteiger partial charge in [0.15, 0.2) is 0 Å². The molecular weight excluding hydrogens is 1760 g/mol. The summed E-state index contributed by atoms with van der Waals surface area (Å²) in [6.07, 6.45) is 42.2. The topological polar surface area (TPSA) is 309 Å². The van der Waals surface area contributed by atoms with Gasteiger partial charge in [0.1, 0.15) is 33.6 Å². The van der Waals surface area contributed by atoms with E-state index in [0.29, 0.717) is 84.7 Å². The van der Waals surface area contributed by atoms with Gasteiger partial charge in [-0.25, -0.2) is 0 Å². The summed E-state index contributed by atoms with van der Waals surface area (Å²) in [6, 6.07) is 0. The number of hydrogen-bond donors (Lipinski definition) is 7. The van der Waals surface area contributed by atoms with E-state index in [1.807, 2.05) is 166 Å². The molecule has 0 radical (unpaired) electrons. The van der Waals surface area contributed by atoms with Crippen molar-refractivity contribution in [1.82, 2.24) is 0 Å². The third-order valence-electron chi connectivity index (χ3n) is 44.7. The predicted octanol–water partition coefficient (Wildman–Crippen LogP) is 24.9. The minimum atomic E-state index is -0.836. The van der Waals surface area contributed by atoms with Crippen LogP contribution in [0.4, 0.5) is 0 Å². The van der Waals surface area contributed by atoms with Crippen molar-refractivity contribution in [3.63, 3.8) is 0 Å². The Balaban J connectivity index is 0.000000142. The van der Waals surface area contributed by atoms with Gasteiger partial charge in [0.25, 0.3) is 0 Å². The van der Waals surface area contributed by atoms with Gasteiger partial charge in [0.05, 0.1) is 79.3 Å².